The molecule has 0 aromatic heterocycles. The number of hydrogen-bond donors (Lipinski definition) is 0. The van der Waals surface area contributed by atoms with Crippen molar-refractivity contribution in [2.45, 2.75) is 32.6 Å². The fourth-order valence-corrected chi connectivity index (χ4v) is 3.57. The van der Waals surface area contributed by atoms with Crippen LogP contribution >= 0.6 is 0 Å². The van der Waals surface area contributed by atoms with Gasteiger partial charge < -0.3 is 14.2 Å². The Hall–Kier alpha value is -2.42. The number of ether oxygens (including phenoxy) is 3. The summed E-state index contributed by atoms with van der Waals surface area (Å²) >= 11 is 0. The minimum atomic E-state index is 0.633. The summed E-state index contributed by atoms with van der Waals surface area (Å²) in [5.41, 5.74) is 6.45. The van der Waals surface area contributed by atoms with Crippen LogP contribution in [0, 0.1) is 6.92 Å². The van der Waals surface area contributed by atoms with Crippen LogP contribution in [0.2, 0.25) is 0 Å². The molecule has 3 rings (SSSR count). The molecule has 0 spiro atoms. The molecular formula is C22H26O3. The Labute approximate surface area is 150 Å². The quantitative estimate of drug-likeness (QED) is 0.731. The van der Waals surface area contributed by atoms with E-state index in [1.54, 1.807) is 21.3 Å². The van der Waals surface area contributed by atoms with Crippen LogP contribution in [-0.4, -0.2) is 21.3 Å². The van der Waals surface area contributed by atoms with Crippen LogP contribution in [-0.2, 0) is 0 Å². The van der Waals surface area contributed by atoms with Crippen molar-refractivity contribution in [1.82, 2.24) is 0 Å². The van der Waals surface area contributed by atoms with Crippen molar-refractivity contribution in [2.75, 3.05) is 21.3 Å². The minimum Gasteiger partial charge on any atom is -0.493 e. The summed E-state index contributed by atoms with van der Waals surface area (Å²) in [5.74, 6) is 2.02. The molecule has 1 fully saturated rings. The first-order valence-electron chi connectivity index (χ1n) is 8.77. The Balaban J connectivity index is 2.20. The van der Waals surface area contributed by atoms with Crippen molar-refractivity contribution in [3.05, 3.63) is 58.7 Å². The van der Waals surface area contributed by atoms with Gasteiger partial charge in [0.15, 0.2) is 11.5 Å². The van der Waals surface area contributed by atoms with Gasteiger partial charge in [0.25, 0.3) is 0 Å². The Morgan fingerprint density at radius 2 is 1.32 bits per heavy atom. The minimum absolute atomic E-state index is 0.633. The molecule has 0 saturated heterocycles. The van der Waals surface area contributed by atoms with Gasteiger partial charge in [0, 0.05) is 0 Å². The number of aryl methyl sites for hydroxylation is 1. The molecule has 25 heavy (non-hydrogen) atoms. The first kappa shape index (κ1) is 17.4. The van der Waals surface area contributed by atoms with E-state index < -0.39 is 0 Å². The molecule has 1 aliphatic rings. The number of hydrogen-bond acceptors (Lipinski definition) is 3. The average Bonchev–Trinajstić information content (AvgIpc) is 3.16. The molecule has 0 radical (unpaired) electrons. The van der Waals surface area contributed by atoms with Crippen molar-refractivity contribution in [3.63, 3.8) is 0 Å². The van der Waals surface area contributed by atoms with Crippen LogP contribution in [0.1, 0.15) is 42.4 Å². The van der Waals surface area contributed by atoms with E-state index in [1.165, 1.54) is 35.1 Å². The lowest BCUT2D eigenvalue weighted by atomic mass is 9.91. The number of rotatable bonds is 5. The molecular weight excluding hydrogens is 312 g/mol. The van der Waals surface area contributed by atoms with Crippen molar-refractivity contribution in [2.24, 2.45) is 0 Å². The van der Waals surface area contributed by atoms with Gasteiger partial charge in [0.1, 0.15) is 0 Å². The predicted molar refractivity (Wildman–Crippen MR) is 102 cm³/mol. The van der Waals surface area contributed by atoms with Crippen LogP contribution in [0.15, 0.2) is 42.0 Å². The molecule has 0 heterocycles. The van der Waals surface area contributed by atoms with E-state index in [4.69, 9.17) is 14.2 Å². The number of benzene rings is 2. The number of methoxy groups -OCH3 is 3. The lowest BCUT2D eigenvalue weighted by Gasteiger charge is -2.18. The Kier molecular flexibility index (Phi) is 5.32. The second kappa shape index (κ2) is 7.64. The maximum atomic E-state index is 5.56. The predicted octanol–water partition coefficient (Wildman–Crippen LogP) is 5.40. The molecule has 3 nitrogen and oxygen atoms in total. The molecule has 132 valence electrons. The zero-order valence-electron chi connectivity index (χ0n) is 15.5. The zero-order valence-corrected chi connectivity index (χ0v) is 15.5. The molecule has 1 saturated carbocycles. The van der Waals surface area contributed by atoms with Gasteiger partial charge in [0.05, 0.1) is 21.3 Å². The molecule has 0 aliphatic heterocycles. The smallest absolute Gasteiger partial charge is 0.203 e. The van der Waals surface area contributed by atoms with Gasteiger partial charge in [0.2, 0.25) is 5.75 Å². The van der Waals surface area contributed by atoms with Crippen LogP contribution in [0.4, 0.5) is 0 Å². The van der Waals surface area contributed by atoms with Gasteiger partial charge in [-0.05, 0) is 61.4 Å². The van der Waals surface area contributed by atoms with Crippen LogP contribution < -0.4 is 14.2 Å². The third-order valence-corrected chi connectivity index (χ3v) is 4.85. The summed E-state index contributed by atoms with van der Waals surface area (Å²) in [5, 5.41) is 0. The third kappa shape index (κ3) is 3.51. The van der Waals surface area contributed by atoms with Crippen LogP contribution in [0.25, 0.3) is 5.57 Å². The van der Waals surface area contributed by atoms with E-state index in [-0.39, 0.29) is 0 Å². The van der Waals surface area contributed by atoms with E-state index in [0.29, 0.717) is 17.2 Å². The van der Waals surface area contributed by atoms with Gasteiger partial charge in [-0.15, -0.1) is 0 Å². The summed E-state index contributed by atoms with van der Waals surface area (Å²) in [6, 6.07) is 12.9. The van der Waals surface area contributed by atoms with Crippen molar-refractivity contribution in [1.29, 1.82) is 0 Å². The van der Waals surface area contributed by atoms with E-state index >= 15 is 0 Å². The van der Waals surface area contributed by atoms with Gasteiger partial charge in [-0.2, -0.15) is 0 Å². The highest BCUT2D eigenvalue weighted by Gasteiger charge is 2.20. The zero-order chi connectivity index (χ0) is 17.8. The Morgan fingerprint density at radius 3 is 1.80 bits per heavy atom. The summed E-state index contributed by atoms with van der Waals surface area (Å²) < 4.78 is 16.6. The van der Waals surface area contributed by atoms with Gasteiger partial charge >= 0.3 is 0 Å². The first-order chi connectivity index (χ1) is 12.2. The first-order valence-corrected chi connectivity index (χ1v) is 8.77. The van der Waals surface area contributed by atoms with Crippen molar-refractivity contribution in [3.8, 4) is 17.2 Å². The standard InChI is InChI=1S/C22H26O3/c1-15-9-11-17(12-10-15)21(16-7-5-6-8-16)18-13-19(23-2)22(25-4)20(14-18)24-3/h9-14H,5-8H2,1-4H3. The maximum Gasteiger partial charge on any atom is 0.203 e. The van der Waals surface area contributed by atoms with Crippen molar-refractivity contribution < 1.29 is 14.2 Å². The molecule has 3 heteroatoms. The maximum absolute atomic E-state index is 5.56. The normalized spacial score (nSPS) is 13.7. The average molecular weight is 338 g/mol. The Morgan fingerprint density at radius 1 is 0.760 bits per heavy atom. The second-order valence-corrected chi connectivity index (χ2v) is 6.47. The topological polar surface area (TPSA) is 27.7 Å². The lowest BCUT2D eigenvalue weighted by molar-refractivity contribution is 0.324. The fraction of sp³-hybridized carbons (Fsp3) is 0.364. The summed E-state index contributed by atoms with van der Waals surface area (Å²) in [6.07, 6.45) is 4.82. The molecule has 2 aromatic carbocycles. The van der Waals surface area contributed by atoms with Crippen LogP contribution in [0.5, 0.6) is 17.2 Å². The molecule has 0 atom stereocenters. The molecule has 0 unspecified atom stereocenters. The van der Waals surface area contributed by atoms with E-state index in [0.717, 1.165) is 18.4 Å². The summed E-state index contributed by atoms with van der Waals surface area (Å²) in [6.45, 7) is 2.12. The van der Waals surface area contributed by atoms with Crippen LogP contribution in [0.3, 0.4) is 0 Å². The molecule has 0 bridgehead atoms. The fourth-order valence-electron chi connectivity index (χ4n) is 3.57. The van der Waals surface area contributed by atoms with Gasteiger partial charge in [-0.1, -0.05) is 35.4 Å². The van der Waals surface area contributed by atoms with Gasteiger partial charge in [-0.3, -0.25) is 0 Å². The highest BCUT2D eigenvalue weighted by atomic mass is 16.5. The van der Waals surface area contributed by atoms with E-state index in [9.17, 15) is 0 Å². The monoisotopic (exact) mass is 338 g/mol. The molecule has 1 aliphatic carbocycles. The second-order valence-electron chi connectivity index (χ2n) is 6.47. The SMILES string of the molecule is COc1cc(C(=C2CCCC2)c2ccc(C)cc2)cc(OC)c1OC. The highest BCUT2D eigenvalue weighted by molar-refractivity contribution is 5.84. The molecule has 2 aromatic rings. The van der Waals surface area contributed by atoms with E-state index in [1.807, 2.05) is 0 Å². The number of allylic oxidation sites excluding steroid dienone is 1. The highest BCUT2D eigenvalue weighted by Crippen LogP contribution is 2.43. The third-order valence-electron chi connectivity index (χ3n) is 4.85. The largest absolute Gasteiger partial charge is 0.493 e. The summed E-state index contributed by atoms with van der Waals surface area (Å²) in [7, 11) is 4.96. The molecule has 0 N–H and O–H groups in total. The molecule has 0 amide bonds. The summed E-state index contributed by atoms with van der Waals surface area (Å²) in [4.78, 5) is 0. The lowest BCUT2D eigenvalue weighted by Crippen LogP contribution is -1.99. The van der Waals surface area contributed by atoms with E-state index in [2.05, 4.69) is 43.3 Å². The van der Waals surface area contributed by atoms with Gasteiger partial charge in [-0.25, -0.2) is 0 Å². The van der Waals surface area contributed by atoms with Crippen molar-refractivity contribution >= 4 is 5.57 Å². The Bertz CT molecular complexity index is 739.